The summed E-state index contributed by atoms with van der Waals surface area (Å²) in [6, 6.07) is 8.79. The van der Waals surface area contributed by atoms with E-state index in [1.807, 2.05) is 30.9 Å². The van der Waals surface area contributed by atoms with E-state index < -0.39 is 0 Å². The van der Waals surface area contributed by atoms with Crippen LogP contribution in [-0.4, -0.2) is 37.2 Å². The molecule has 0 aromatic heterocycles. The Morgan fingerprint density at radius 1 is 1.39 bits per heavy atom. The van der Waals surface area contributed by atoms with Gasteiger partial charge in [0.15, 0.2) is 5.96 Å². The first-order valence-corrected chi connectivity index (χ1v) is 9.75. The Bertz CT molecular complexity index is 507. The molecule has 2 rings (SSSR count). The van der Waals surface area contributed by atoms with Crippen LogP contribution in [0.3, 0.4) is 0 Å². The van der Waals surface area contributed by atoms with Crippen LogP contribution in [0.15, 0.2) is 29.3 Å². The molecule has 1 fully saturated rings. The summed E-state index contributed by atoms with van der Waals surface area (Å²) in [7, 11) is 1.83. The van der Waals surface area contributed by atoms with Crippen LogP contribution < -0.4 is 15.4 Å². The lowest BCUT2D eigenvalue weighted by atomic mass is 10.2. The normalized spacial score (nSPS) is 21.3. The highest BCUT2D eigenvalue weighted by Crippen LogP contribution is 2.28. The van der Waals surface area contributed by atoms with Crippen molar-refractivity contribution in [3.63, 3.8) is 0 Å². The van der Waals surface area contributed by atoms with E-state index in [2.05, 4.69) is 40.9 Å². The summed E-state index contributed by atoms with van der Waals surface area (Å²) in [6.45, 7) is 3.63. The molecule has 1 aromatic carbocycles. The van der Waals surface area contributed by atoms with E-state index in [-0.39, 0.29) is 0 Å². The predicted octanol–water partition coefficient (Wildman–Crippen LogP) is 3.42. The summed E-state index contributed by atoms with van der Waals surface area (Å²) in [4.78, 5) is 4.35. The van der Waals surface area contributed by atoms with E-state index in [1.54, 1.807) is 0 Å². The molecule has 0 aliphatic heterocycles. The van der Waals surface area contributed by atoms with Gasteiger partial charge < -0.3 is 15.4 Å². The minimum absolute atomic E-state index is 0.540. The second kappa shape index (κ2) is 9.71. The van der Waals surface area contributed by atoms with E-state index in [0.717, 1.165) is 36.5 Å². The molecule has 2 N–H and O–H groups in total. The smallest absolute Gasteiger partial charge is 0.191 e. The second-order valence-electron chi connectivity index (χ2n) is 5.93. The van der Waals surface area contributed by atoms with Gasteiger partial charge in [0.2, 0.25) is 0 Å². The van der Waals surface area contributed by atoms with Crippen molar-refractivity contribution in [1.29, 1.82) is 0 Å². The molecule has 2 unspecified atom stereocenters. The minimum atomic E-state index is 0.540. The first-order valence-electron chi connectivity index (χ1n) is 8.46. The maximum Gasteiger partial charge on any atom is 0.191 e. The van der Waals surface area contributed by atoms with Gasteiger partial charge in [-0.25, -0.2) is 0 Å². The molecule has 4 nitrogen and oxygen atoms in total. The summed E-state index contributed by atoms with van der Waals surface area (Å²) < 4.78 is 5.68. The number of aliphatic imine (C=N–C) groups is 1. The van der Waals surface area contributed by atoms with Crippen LogP contribution in [0.1, 0.15) is 38.2 Å². The van der Waals surface area contributed by atoms with Crippen molar-refractivity contribution in [2.45, 2.75) is 50.4 Å². The van der Waals surface area contributed by atoms with E-state index in [9.17, 15) is 0 Å². The van der Waals surface area contributed by atoms with Crippen LogP contribution in [0.2, 0.25) is 0 Å². The van der Waals surface area contributed by atoms with Crippen LogP contribution in [0, 0.1) is 0 Å². The first-order chi connectivity index (χ1) is 11.2. The van der Waals surface area contributed by atoms with E-state index in [4.69, 9.17) is 4.74 Å². The summed E-state index contributed by atoms with van der Waals surface area (Å²) in [5.41, 5.74) is 1.20. The summed E-state index contributed by atoms with van der Waals surface area (Å²) in [6.07, 6.45) is 6.98. The van der Waals surface area contributed by atoms with Crippen LogP contribution in [-0.2, 0) is 6.54 Å². The highest BCUT2D eigenvalue weighted by molar-refractivity contribution is 7.99. The van der Waals surface area contributed by atoms with Crippen molar-refractivity contribution in [2.24, 2.45) is 4.99 Å². The Hall–Kier alpha value is -1.36. The maximum absolute atomic E-state index is 5.68. The molecule has 1 saturated carbocycles. The fourth-order valence-electron chi connectivity index (χ4n) is 2.82. The quantitative estimate of drug-likeness (QED) is 0.592. The molecular weight excluding hydrogens is 306 g/mol. The van der Waals surface area contributed by atoms with Crippen molar-refractivity contribution in [3.8, 4) is 5.75 Å². The molecule has 1 aromatic rings. The number of nitrogens with one attached hydrogen (secondary N) is 2. The molecule has 0 spiro atoms. The van der Waals surface area contributed by atoms with Crippen molar-refractivity contribution < 1.29 is 4.74 Å². The Morgan fingerprint density at radius 2 is 2.26 bits per heavy atom. The molecule has 2 atom stereocenters. The lowest BCUT2D eigenvalue weighted by molar-refractivity contribution is 0.317. The highest BCUT2D eigenvalue weighted by Gasteiger charge is 2.24. The molecule has 1 aliphatic carbocycles. The lowest BCUT2D eigenvalue weighted by Gasteiger charge is -2.17. The van der Waals surface area contributed by atoms with Crippen LogP contribution >= 0.6 is 11.8 Å². The molecule has 23 heavy (non-hydrogen) atoms. The van der Waals surface area contributed by atoms with Crippen molar-refractivity contribution >= 4 is 17.7 Å². The third kappa shape index (κ3) is 5.98. The average Bonchev–Trinajstić information content (AvgIpc) is 3.04. The third-order valence-corrected chi connectivity index (χ3v) is 5.21. The monoisotopic (exact) mass is 335 g/mol. The van der Waals surface area contributed by atoms with Gasteiger partial charge in [-0.3, -0.25) is 4.99 Å². The van der Waals surface area contributed by atoms with Gasteiger partial charge >= 0.3 is 0 Å². The predicted molar refractivity (Wildman–Crippen MR) is 101 cm³/mol. The minimum Gasteiger partial charge on any atom is -0.494 e. The van der Waals surface area contributed by atoms with Crippen molar-refractivity contribution in [3.05, 3.63) is 29.8 Å². The fourth-order valence-corrected chi connectivity index (χ4v) is 3.62. The molecule has 0 saturated heterocycles. The maximum atomic E-state index is 5.68. The third-order valence-electron chi connectivity index (χ3n) is 4.11. The molecule has 128 valence electrons. The van der Waals surface area contributed by atoms with Crippen LogP contribution in [0.25, 0.3) is 0 Å². The van der Waals surface area contributed by atoms with Gasteiger partial charge in [0.1, 0.15) is 5.75 Å². The average molecular weight is 336 g/mol. The van der Waals surface area contributed by atoms with E-state index in [1.165, 1.54) is 24.8 Å². The molecule has 0 amide bonds. The van der Waals surface area contributed by atoms with Gasteiger partial charge in [-0.15, -0.1) is 0 Å². The second-order valence-corrected chi connectivity index (χ2v) is 7.07. The number of hydrogen-bond acceptors (Lipinski definition) is 3. The topological polar surface area (TPSA) is 45.6 Å². The van der Waals surface area contributed by atoms with Gasteiger partial charge in [0, 0.05) is 24.9 Å². The zero-order valence-electron chi connectivity index (χ0n) is 14.5. The number of hydrogen-bond donors (Lipinski definition) is 2. The van der Waals surface area contributed by atoms with Gasteiger partial charge in [-0.05, 0) is 49.6 Å². The number of guanidine groups is 1. The molecule has 1 aliphatic rings. The fraction of sp³-hybridized carbons (Fsp3) is 0.611. The zero-order valence-corrected chi connectivity index (χ0v) is 15.3. The molecular formula is C18H29N3OS. The molecule has 0 heterocycles. The largest absolute Gasteiger partial charge is 0.494 e. The summed E-state index contributed by atoms with van der Waals surface area (Å²) in [5, 5.41) is 7.74. The van der Waals surface area contributed by atoms with Crippen molar-refractivity contribution in [1.82, 2.24) is 10.6 Å². The Labute approximate surface area is 144 Å². The molecule has 0 radical (unpaired) electrons. The van der Waals surface area contributed by atoms with Crippen molar-refractivity contribution in [2.75, 3.05) is 19.9 Å². The van der Waals surface area contributed by atoms with E-state index in [0.29, 0.717) is 6.04 Å². The summed E-state index contributed by atoms with van der Waals surface area (Å²) >= 11 is 1.97. The summed E-state index contributed by atoms with van der Waals surface area (Å²) in [5.74, 6) is 1.82. The standard InChI is InChI=1S/C18H29N3OS/c1-4-10-22-16-7-5-6-14(11-16)13-20-18(19-2)21-15-8-9-17(12-15)23-3/h5-7,11,15,17H,4,8-10,12-13H2,1-3H3,(H2,19,20,21). The molecule has 5 heteroatoms. The SMILES string of the molecule is CCCOc1cccc(CNC(=NC)NC2CCC(SC)C2)c1. The zero-order chi connectivity index (χ0) is 16.5. The number of ether oxygens (including phenoxy) is 1. The molecule has 0 bridgehead atoms. The number of nitrogens with zero attached hydrogens (tertiary/aromatic N) is 1. The van der Waals surface area contributed by atoms with Gasteiger partial charge in [-0.1, -0.05) is 19.1 Å². The number of rotatable bonds is 7. The Balaban J connectivity index is 1.81. The van der Waals surface area contributed by atoms with Crippen LogP contribution in [0.4, 0.5) is 0 Å². The van der Waals surface area contributed by atoms with Gasteiger partial charge in [-0.2, -0.15) is 11.8 Å². The lowest BCUT2D eigenvalue weighted by Crippen LogP contribution is -2.42. The number of benzene rings is 1. The Kier molecular flexibility index (Phi) is 7.59. The van der Waals surface area contributed by atoms with Gasteiger partial charge in [0.25, 0.3) is 0 Å². The van der Waals surface area contributed by atoms with Gasteiger partial charge in [0.05, 0.1) is 6.61 Å². The first kappa shape index (κ1) is 18.0. The van der Waals surface area contributed by atoms with Crippen LogP contribution in [0.5, 0.6) is 5.75 Å². The highest BCUT2D eigenvalue weighted by atomic mass is 32.2. The Morgan fingerprint density at radius 3 is 2.96 bits per heavy atom. The van der Waals surface area contributed by atoms with E-state index >= 15 is 0 Å². The number of thioether (sulfide) groups is 1.